The zero-order valence-electron chi connectivity index (χ0n) is 13.6. The summed E-state index contributed by atoms with van der Waals surface area (Å²) in [6, 6.07) is 0. The molecule has 2 amide bonds. The average Bonchev–Trinajstić information content (AvgIpc) is 3.16. The van der Waals surface area contributed by atoms with Crippen molar-refractivity contribution in [2.75, 3.05) is 26.2 Å². The van der Waals surface area contributed by atoms with Crippen LogP contribution in [0.3, 0.4) is 0 Å². The van der Waals surface area contributed by atoms with E-state index in [0.717, 1.165) is 49.9 Å². The van der Waals surface area contributed by atoms with Crippen LogP contribution in [-0.2, 0) is 4.79 Å². The van der Waals surface area contributed by atoms with Gasteiger partial charge in [-0.25, -0.2) is 4.98 Å². The van der Waals surface area contributed by atoms with E-state index >= 15 is 0 Å². The van der Waals surface area contributed by atoms with Crippen LogP contribution in [0.2, 0.25) is 0 Å². The lowest BCUT2D eigenvalue weighted by atomic mass is 9.77. The minimum absolute atomic E-state index is 0.0448. The van der Waals surface area contributed by atoms with E-state index in [1.807, 2.05) is 17.2 Å². The molecule has 6 heteroatoms. The van der Waals surface area contributed by atoms with E-state index in [-0.39, 0.29) is 11.3 Å². The van der Waals surface area contributed by atoms with Crippen LogP contribution < -0.4 is 0 Å². The van der Waals surface area contributed by atoms with Gasteiger partial charge in [0.15, 0.2) is 0 Å². The number of hydrogen-bond acceptors (Lipinski definition) is 4. The number of piperidine rings is 1. The number of likely N-dealkylation sites (tertiary alicyclic amines) is 2. The largest absolute Gasteiger partial charge is 0.342 e. The van der Waals surface area contributed by atoms with E-state index in [9.17, 15) is 9.59 Å². The third kappa shape index (κ3) is 3.01. The molecule has 3 heterocycles. The van der Waals surface area contributed by atoms with Crippen LogP contribution in [0.5, 0.6) is 0 Å². The van der Waals surface area contributed by atoms with Gasteiger partial charge in [-0.05, 0) is 38.5 Å². The van der Waals surface area contributed by atoms with Crippen molar-refractivity contribution >= 4 is 23.2 Å². The first-order chi connectivity index (χ1) is 11.0. The van der Waals surface area contributed by atoms with E-state index in [0.29, 0.717) is 18.0 Å². The number of nitrogens with zero attached hydrogens (tertiary/aromatic N) is 3. The van der Waals surface area contributed by atoms with Gasteiger partial charge in [-0.2, -0.15) is 0 Å². The highest BCUT2D eigenvalue weighted by Crippen LogP contribution is 2.42. The molecule has 1 spiro atoms. The van der Waals surface area contributed by atoms with Gasteiger partial charge in [-0.1, -0.05) is 0 Å². The summed E-state index contributed by atoms with van der Waals surface area (Å²) in [7, 11) is 0. The second-order valence-corrected chi connectivity index (χ2v) is 8.50. The predicted octanol–water partition coefficient (Wildman–Crippen LogP) is 2.32. The summed E-state index contributed by atoms with van der Waals surface area (Å²) in [4.78, 5) is 33.1. The molecule has 1 saturated carbocycles. The van der Waals surface area contributed by atoms with Gasteiger partial charge in [0.05, 0.1) is 5.01 Å². The van der Waals surface area contributed by atoms with Crippen LogP contribution in [0.4, 0.5) is 0 Å². The van der Waals surface area contributed by atoms with Gasteiger partial charge in [0.1, 0.15) is 5.69 Å². The molecule has 4 rings (SSSR count). The Hall–Kier alpha value is -1.43. The van der Waals surface area contributed by atoms with Gasteiger partial charge in [0, 0.05) is 43.4 Å². The fourth-order valence-electron chi connectivity index (χ4n) is 3.90. The zero-order chi connectivity index (χ0) is 16.0. The normalized spacial score (nSPS) is 23.8. The molecule has 3 aliphatic rings. The molecular formula is C17H23N3O2S. The van der Waals surface area contributed by atoms with Crippen molar-refractivity contribution in [1.82, 2.24) is 14.8 Å². The first-order valence-electron chi connectivity index (χ1n) is 8.54. The van der Waals surface area contributed by atoms with Gasteiger partial charge in [0.25, 0.3) is 5.91 Å². The lowest BCUT2D eigenvalue weighted by Crippen LogP contribution is -2.44. The molecule has 0 aromatic carbocycles. The monoisotopic (exact) mass is 333 g/mol. The highest BCUT2D eigenvalue weighted by Gasteiger charge is 2.46. The molecule has 0 unspecified atom stereocenters. The molecule has 124 valence electrons. The first kappa shape index (κ1) is 15.1. The molecule has 2 saturated heterocycles. The number of hydrogen-bond donors (Lipinski definition) is 0. The Bertz CT molecular complexity index is 630. The number of amides is 2. The lowest BCUT2D eigenvalue weighted by molar-refractivity contribution is -0.128. The van der Waals surface area contributed by atoms with E-state index in [4.69, 9.17) is 0 Å². The van der Waals surface area contributed by atoms with Crippen LogP contribution in [-0.4, -0.2) is 52.8 Å². The van der Waals surface area contributed by atoms with Gasteiger partial charge in [-0.3, -0.25) is 9.59 Å². The molecule has 23 heavy (non-hydrogen) atoms. The van der Waals surface area contributed by atoms with Crippen LogP contribution in [0, 0.1) is 18.3 Å². The van der Waals surface area contributed by atoms with Gasteiger partial charge in [-0.15, -0.1) is 11.3 Å². The SMILES string of the molecule is Cc1nc(C(=O)N2CCC3(CC2)CC(=O)N(CC2CC2)C3)cs1. The molecule has 1 aromatic rings. The second kappa shape index (κ2) is 5.58. The average molecular weight is 333 g/mol. The molecule has 0 bridgehead atoms. The fraction of sp³-hybridized carbons (Fsp3) is 0.706. The van der Waals surface area contributed by atoms with Crippen molar-refractivity contribution in [3.63, 3.8) is 0 Å². The maximum absolute atomic E-state index is 12.5. The summed E-state index contributed by atoms with van der Waals surface area (Å²) < 4.78 is 0. The fourth-order valence-corrected chi connectivity index (χ4v) is 4.49. The van der Waals surface area contributed by atoms with Crippen molar-refractivity contribution in [3.05, 3.63) is 16.1 Å². The molecule has 0 atom stereocenters. The van der Waals surface area contributed by atoms with Gasteiger partial charge >= 0.3 is 0 Å². The molecule has 1 aromatic heterocycles. The summed E-state index contributed by atoms with van der Waals surface area (Å²) >= 11 is 1.52. The van der Waals surface area contributed by atoms with Crippen LogP contribution in [0.25, 0.3) is 0 Å². The molecule has 2 aliphatic heterocycles. The van der Waals surface area contributed by atoms with Crippen molar-refractivity contribution in [2.24, 2.45) is 11.3 Å². The van der Waals surface area contributed by atoms with Crippen LogP contribution >= 0.6 is 11.3 Å². The number of carbonyl (C=O) groups is 2. The highest BCUT2D eigenvalue weighted by molar-refractivity contribution is 7.09. The summed E-state index contributed by atoms with van der Waals surface area (Å²) in [6.07, 6.45) is 5.12. The Morgan fingerprint density at radius 3 is 2.74 bits per heavy atom. The van der Waals surface area contributed by atoms with Gasteiger partial charge in [0.2, 0.25) is 5.91 Å². The van der Waals surface area contributed by atoms with E-state index in [1.165, 1.54) is 24.2 Å². The summed E-state index contributed by atoms with van der Waals surface area (Å²) in [5.41, 5.74) is 0.683. The standard InChI is InChI=1S/C17H23N3O2S/c1-12-18-14(10-23-12)16(22)19-6-4-17(5-7-19)8-15(21)20(11-17)9-13-2-3-13/h10,13H,2-9,11H2,1H3. The second-order valence-electron chi connectivity index (χ2n) is 7.44. The summed E-state index contributed by atoms with van der Waals surface area (Å²) in [6.45, 7) is 5.28. The smallest absolute Gasteiger partial charge is 0.273 e. The molecule has 0 N–H and O–H groups in total. The molecule has 1 aliphatic carbocycles. The Balaban J connectivity index is 1.37. The first-order valence-corrected chi connectivity index (χ1v) is 9.42. The third-order valence-corrected chi connectivity index (χ3v) is 6.30. The zero-order valence-corrected chi connectivity index (χ0v) is 14.4. The maximum atomic E-state index is 12.5. The minimum Gasteiger partial charge on any atom is -0.342 e. The third-order valence-electron chi connectivity index (χ3n) is 5.53. The van der Waals surface area contributed by atoms with E-state index < -0.39 is 0 Å². The number of aromatic nitrogens is 1. The topological polar surface area (TPSA) is 53.5 Å². The quantitative estimate of drug-likeness (QED) is 0.853. The van der Waals surface area contributed by atoms with Crippen LogP contribution in [0.15, 0.2) is 5.38 Å². The Morgan fingerprint density at radius 2 is 2.13 bits per heavy atom. The van der Waals surface area contributed by atoms with E-state index in [2.05, 4.69) is 9.88 Å². The van der Waals surface area contributed by atoms with Crippen molar-refractivity contribution < 1.29 is 9.59 Å². The highest BCUT2D eigenvalue weighted by atomic mass is 32.1. The Morgan fingerprint density at radius 1 is 1.39 bits per heavy atom. The van der Waals surface area contributed by atoms with Gasteiger partial charge < -0.3 is 9.80 Å². The maximum Gasteiger partial charge on any atom is 0.273 e. The van der Waals surface area contributed by atoms with Crippen molar-refractivity contribution in [3.8, 4) is 0 Å². The number of thiazole rings is 1. The van der Waals surface area contributed by atoms with Crippen molar-refractivity contribution in [1.29, 1.82) is 0 Å². The molecule has 0 radical (unpaired) electrons. The predicted molar refractivity (Wildman–Crippen MR) is 88.3 cm³/mol. The minimum atomic E-state index is 0.0448. The number of aryl methyl sites for hydroxylation is 1. The number of rotatable bonds is 3. The summed E-state index contributed by atoms with van der Waals surface area (Å²) in [5.74, 6) is 1.12. The Labute approximate surface area is 140 Å². The van der Waals surface area contributed by atoms with Crippen LogP contribution in [0.1, 0.15) is 47.6 Å². The molecule has 5 nitrogen and oxygen atoms in total. The van der Waals surface area contributed by atoms with Crippen molar-refractivity contribution in [2.45, 2.75) is 39.0 Å². The lowest BCUT2D eigenvalue weighted by Gasteiger charge is -2.38. The molecule has 3 fully saturated rings. The summed E-state index contributed by atoms with van der Waals surface area (Å²) in [5, 5.41) is 2.78. The Kier molecular flexibility index (Phi) is 3.67. The molecular weight excluding hydrogens is 310 g/mol. The van der Waals surface area contributed by atoms with E-state index in [1.54, 1.807) is 0 Å². The number of carbonyl (C=O) groups excluding carboxylic acids is 2.